The van der Waals surface area contributed by atoms with E-state index in [0.29, 0.717) is 19.3 Å². The van der Waals surface area contributed by atoms with E-state index in [4.69, 9.17) is 0 Å². The molecule has 0 aromatic heterocycles. The molecule has 3 N–H and O–H groups in total. The molecule has 5 aliphatic carbocycles. The molecule has 9 atom stereocenters. The van der Waals surface area contributed by atoms with Crippen LogP contribution in [0.4, 0.5) is 0 Å². The summed E-state index contributed by atoms with van der Waals surface area (Å²) in [6.07, 6.45) is 8.80. The number of rotatable bonds is 2. The van der Waals surface area contributed by atoms with Crippen LogP contribution in [-0.2, 0) is 9.59 Å². The first-order chi connectivity index (χ1) is 16.1. The number of carbonyl (C=O) groups excluding carboxylic acids is 1. The summed E-state index contributed by atoms with van der Waals surface area (Å²) in [5, 5.41) is 32.1. The molecule has 0 spiro atoms. The highest BCUT2D eigenvalue weighted by Gasteiger charge is 2.71. The first kappa shape index (κ1) is 25.4. The van der Waals surface area contributed by atoms with Crippen molar-refractivity contribution in [2.24, 2.45) is 50.2 Å². The van der Waals surface area contributed by atoms with Crippen molar-refractivity contribution in [1.29, 1.82) is 0 Å². The number of allylic oxidation sites excluding steroid dienone is 2. The minimum atomic E-state index is -0.775. The van der Waals surface area contributed by atoms with Gasteiger partial charge in [0, 0.05) is 11.3 Å². The molecule has 4 saturated carbocycles. The molecule has 0 bridgehead atoms. The first-order valence-corrected chi connectivity index (χ1v) is 13.9. The maximum Gasteiger partial charge on any atom is 0.309 e. The zero-order valence-corrected chi connectivity index (χ0v) is 22.6. The second-order valence-electron chi connectivity index (χ2n) is 14.8. The minimum absolute atomic E-state index is 0.00209. The SMILES string of the molecule is CC1(C)[C@@H](O)CC[C@]2(C)[C@H]3C(=O)C=C4[C@@H]5C[C@@](C)(C(=O)O)CC[C@]5(C)CC[C@@]4(C)[C@]3(CO)CC[C@@H]12. The molecule has 196 valence electrons. The Labute approximate surface area is 210 Å². The predicted molar refractivity (Wildman–Crippen MR) is 134 cm³/mol. The van der Waals surface area contributed by atoms with E-state index >= 15 is 0 Å². The van der Waals surface area contributed by atoms with Crippen molar-refractivity contribution < 1.29 is 24.9 Å². The molecule has 0 saturated heterocycles. The van der Waals surface area contributed by atoms with Gasteiger partial charge < -0.3 is 15.3 Å². The normalized spacial score (nSPS) is 52.9. The molecule has 0 heterocycles. The number of aliphatic hydroxyl groups excluding tert-OH is 2. The summed E-state index contributed by atoms with van der Waals surface area (Å²) >= 11 is 0. The van der Waals surface area contributed by atoms with E-state index in [1.807, 2.05) is 13.0 Å². The number of aliphatic carboxylic acids is 1. The summed E-state index contributed by atoms with van der Waals surface area (Å²) in [7, 11) is 0. The van der Waals surface area contributed by atoms with Crippen molar-refractivity contribution in [3.63, 3.8) is 0 Å². The average molecular weight is 487 g/mol. The van der Waals surface area contributed by atoms with Crippen molar-refractivity contribution in [1.82, 2.24) is 0 Å². The second-order valence-corrected chi connectivity index (χ2v) is 14.8. The molecule has 0 radical (unpaired) electrons. The van der Waals surface area contributed by atoms with Gasteiger partial charge in [0.15, 0.2) is 5.78 Å². The Balaban J connectivity index is 1.65. The fourth-order valence-corrected chi connectivity index (χ4v) is 10.4. The zero-order chi connectivity index (χ0) is 25.8. The van der Waals surface area contributed by atoms with Crippen LogP contribution in [0, 0.1) is 50.2 Å². The van der Waals surface area contributed by atoms with Crippen LogP contribution in [0.25, 0.3) is 0 Å². The third-order valence-corrected chi connectivity index (χ3v) is 13.0. The van der Waals surface area contributed by atoms with Crippen LogP contribution in [0.2, 0.25) is 0 Å². The lowest BCUT2D eigenvalue weighted by Crippen LogP contribution is -2.68. The number of aliphatic hydroxyl groups is 2. The summed E-state index contributed by atoms with van der Waals surface area (Å²) in [4.78, 5) is 26.5. The molecule has 5 aliphatic rings. The van der Waals surface area contributed by atoms with Gasteiger partial charge in [0.05, 0.1) is 18.1 Å². The predicted octanol–water partition coefficient (Wildman–Crippen LogP) is 5.39. The van der Waals surface area contributed by atoms with E-state index in [-0.39, 0.29) is 57.9 Å². The molecule has 0 amide bonds. The van der Waals surface area contributed by atoms with Crippen molar-refractivity contribution in [2.45, 2.75) is 105 Å². The van der Waals surface area contributed by atoms with Gasteiger partial charge >= 0.3 is 5.97 Å². The lowest BCUT2D eigenvalue weighted by atomic mass is 9.33. The number of carboxylic acid groups (broad SMARTS) is 1. The van der Waals surface area contributed by atoms with Crippen LogP contribution in [0.5, 0.6) is 0 Å². The lowest BCUT2D eigenvalue weighted by molar-refractivity contribution is -0.216. The van der Waals surface area contributed by atoms with E-state index in [9.17, 15) is 24.9 Å². The van der Waals surface area contributed by atoms with Crippen LogP contribution >= 0.6 is 0 Å². The Bertz CT molecular complexity index is 983. The number of hydrogen-bond acceptors (Lipinski definition) is 4. The maximum absolute atomic E-state index is 14.3. The average Bonchev–Trinajstić information content (AvgIpc) is 2.78. The molecule has 4 fully saturated rings. The van der Waals surface area contributed by atoms with Crippen LogP contribution in [0.3, 0.4) is 0 Å². The number of carbonyl (C=O) groups is 2. The molecular formula is C30H46O5. The lowest BCUT2D eigenvalue weighted by Gasteiger charge is -2.70. The highest BCUT2D eigenvalue weighted by Crippen LogP contribution is 2.75. The number of fused-ring (bicyclic) bond motifs is 7. The van der Waals surface area contributed by atoms with Crippen molar-refractivity contribution in [3.05, 3.63) is 11.6 Å². The Morgan fingerprint density at radius 1 is 0.971 bits per heavy atom. The van der Waals surface area contributed by atoms with Gasteiger partial charge in [-0.15, -0.1) is 0 Å². The zero-order valence-electron chi connectivity index (χ0n) is 22.6. The fraction of sp³-hybridized carbons (Fsp3) is 0.867. The van der Waals surface area contributed by atoms with E-state index in [0.717, 1.165) is 44.1 Å². The number of ketones is 1. The Hall–Kier alpha value is -1.20. The van der Waals surface area contributed by atoms with Gasteiger partial charge in [-0.2, -0.15) is 0 Å². The largest absolute Gasteiger partial charge is 0.481 e. The topological polar surface area (TPSA) is 94.8 Å². The Kier molecular flexibility index (Phi) is 5.40. The van der Waals surface area contributed by atoms with Crippen LogP contribution in [-0.4, -0.2) is 39.8 Å². The minimum Gasteiger partial charge on any atom is -0.481 e. The first-order valence-electron chi connectivity index (χ1n) is 13.9. The molecule has 0 aromatic rings. The summed E-state index contributed by atoms with van der Waals surface area (Å²) in [6, 6.07) is 0. The fourth-order valence-electron chi connectivity index (χ4n) is 10.4. The van der Waals surface area contributed by atoms with Gasteiger partial charge in [-0.1, -0.05) is 40.2 Å². The van der Waals surface area contributed by atoms with E-state index < -0.39 is 16.8 Å². The van der Waals surface area contributed by atoms with Crippen LogP contribution in [0.1, 0.15) is 99.3 Å². The van der Waals surface area contributed by atoms with Gasteiger partial charge in [0.1, 0.15) is 0 Å². The Morgan fingerprint density at radius 3 is 2.26 bits per heavy atom. The van der Waals surface area contributed by atoms with Gasteiger partial charge in [-0.25, -0.2) is 0 Å². The molecule has 5 heteroatoms. The molecule has 5 nitrogen and oxygen atoms in total. The molecular weight excluding hydrogens is 440 g/mol. The third kappa shape index (κ3) is 3.00. The highest BCUT2D eigenvalue weighted by atomic mass is 16.4. The summed E-state index contributed by atoms with van der Waals surface area (Å²) in [5.41, 5.74) is -1.03. The highest BCUT2D eigenvalue weighted by molar-refractivity contribution is 5.96. The molecule has 0 aliphatic heterocycles. The summed E-state index contributed by atoms with van der Waals surface area (Å²) < 4.78 is 0. The van der Waals surface area contributed by atoms with Gasteiger partial charge in [-0.3, -0.25) is 9.59 Å². The monoisotopic (exact) mass is 486 g/mol. The van der Waals surface area contributed by atoms with Gasteiger partial charge in [0.25, 0.3) is 0 Å². The van der Waals surface area contributed by atoms with Crippen LogP contribution < -0.4 is 0 Å². The van der Waals surface area contributed by atoms with Gasteiger partial charge in [0.2, 0.25) is 0 Å². The smallest absolute Gasteiger partial charge is 0.309 e. The van der Waals surface area contributed by atoms with Crippen LogP contribution in [0.15, 0.2) is 11.6 Å². The van der Waals surface area contributed by atoms with E-state index in [2.05, 4.69) is 34.6 Å². The van der Waals surface area contributed by atoms with E-state index in [1.54, 1.807) is 0 Å². The molecule has 0 aromatic carbocycles. The third-order valence-electron chi connectivity index (χ3n) is 13.0. The quantitative estimate of drug-likeness (QED) is 0.487. The Morgan fingerprint density at radius 2 is 1.63 bits per heavy atom. The standard InChI is InChI=1S/C30H46O5/c1-25(2)21-7-10-30(17-31)23(28(21,5)9-8-22(25)33)20(32)15-18-19-16-27(4,24(34)35)12-11-26(19,3)13-14-29(18,30)6/h15,19,21-23,31,33H,7-14,16-17H2,1-6H3,(H,34,35)/t19-,21-,22-,23+,26+,27-,28-,29+,30-/m0/s1. The maximum atomic E-state index is 14.3. The van der Waals surface area contributed by atoms with Crippen molar-refractivity contribution in [2.75, 3.05) is 6.61 Å². The number of hydrogen-bond donors (Lipinski definition) is 3. The summed E-state index contributed by atoms with van der Waals surface area (Å²) in [5.74, 6) is -0.583. The second kappa shape index (κ2) is 7.43. The number of carboxylic acids is 1. The summed E-state index contributed by atoms with van der Waals surface area (Å²) in [6.45, 7) is 13.0. The van der Waals surface area contributed by atoms with E-state index in [1.165, 1.54) is 0 Å². The van der Waals surface area contributed by atoms with Gasteiger partial charge in [-0.05, 0) is 104 Å². The molecule has 5 rings (SSSR count). The molecule has 35 heavy (non-hydrogen) atoms. The van der Waals surface area contributed by atoms with Crippen molar-refractivity contribution in [3.8, 4) is 0 Å². The molecule has 0 unspecified atom stereocenters. The van der Waals surface area contributed by atoms with Crippen molar-refractivity contribution >= 4 is 11.8 Å².